The van der Waals surface area contributed by atoms with Crippen molar-refractivity contribution in [1.82, 2.24) is 4.90 Å². The second-order valence-corrected chi connectivity index (χ2v) is 5.57. The summed E-state index contributed by atoms with van der Waals surface area (Å²) in [6, 6.07) is 5.51. The van der Waals surface area contributed by atoms with E-state index in [-0.39, 0.29) is 12.1 Å². The molecular weight excluding hydrogens is 270 g/mol. The molecular formula is C16H23NO4. The maximum absolute atomic E-state index is 10.6. The van der Waals surface area contributed by atoms with E-state index in [0.717, 1.165) is 23.0 Å². The van der Waals surface area contributed by atoms with E-state index in [2.05, 4.69) is 0 Å². The average molecular weight is 293 g/mol. The Kier molecular flexibility index (Phi) is 5.93. The number of aliphatic hydroxyl groups is 1. The summed E-state index contributed by atoms with van der Waals surface area (Å²) in [6.45, 7) is 4.54. The second-order valence-electron chi connectivity index (χ2n) is 5.57. The van der Waals surface area contributed by atoms with Crippen molar-refractivity contribution in [2.24, 2.45) is 0 Å². The van der Waals surface area contributed by atoms with Crippen LogP contribution in [0.3, 0.4) is 0 Å². The van der Waals surface area contributed by atoms with Gasteiger partial charge in [0.2, 0.25) is 0 Å². The molecule has 21 heavy (non-hydrogen) atoms. The number of carboxylic acids is 1. The number of benzene rings is 1. The Morgan fingerprint density at radius 2 is 2.10 bits per heavy atom. The van der Waals surface area contributed by atoms with Crippen LogP contribution in [0.25, 0.3) is 6.08 Å². The van der Waals surface area contributed by atoms with Gasteiger partial charge in [0.1, 0.15) is 5.75 Å². The Labute approximate surface area is 125 Å². The molecule has 0 saturated heterocycles. The van der Waals surface area contributed by atoms with Crippen LogP contribution in [-0.4, -0.2) is 47.4 Å². The summed E-state index contributed by atoms with van der Waals surface area (Å²) in [6.07, 6.45) is 2.65. The minimum atomic E-state index is -0.981. The van der Waals surface area contributed by atoms with Crippen molar-refractivity contribution < 1.29 is 19.7 Å². The minimum Gasteiger partial charge on any atom is -0.496 e. The lowest BCUT2D eigenvalue weighted by atomic mass is 10.0. The summed E-state index contributed by atoms with van der Waals surface area (Å²) < 4.78 is 5.34. The third kappa shape index (κ3) is 4.88. The number of rotatable bonds is 7. The lowest BCUT2D eigenvalue weighted by Crippen LogP contribution is -2.43. The Morgan fingerprint density at radius 1 is 1.43 bits per heavy atom. The monoisotopic (exact) mass is 293 g/mol. The molecule has 0 amide bonds. The van der Waals surface area contributed by atoms with Crippen LogP contribution in [-0.2, 0) is 11.3 Å². The van der Waals surface area contributed by atoms with Crippen LogP contribution < -0.4 is 4.74 Å². The third-order valence-electron chi connectivity index (χ3n) is 3.55. The van der Waals surface area contributed by atoms with Gasteiger partial charge in [-0.2, -0.15) is 0 Å². The fourth-order valence-corrected chi connectivity index (χ4v) is 1.78. The number of ether oxygens (including phenoxy) is 1. The second kappa shape index (κ2) is 7.24. The Hall–Kier alpha value is -1.85. The van der Waals surface area contributed by atoms with Crippen LogP contribution in [0.15, 0.2) is 24.3 Å². The van der Waals surface area contributed by atoms with E-state index >= 15 is 0 Å². The van der Waals surface area contributed by atoms with Crippen LogP contribution in [0.1, 0.15) is 25.0 Å². The average Bonchev–Trinajstić information content (AvgIpc) is 2.45. The first kappa shape index (κ1) is 17.2. The normalized spacial score (nSPS) is 12.1. The van der Waals surface area contributed by atoms with Crippen molar-refractivity contribution in [3.05, 3.63) is 35.4 Å². The maximum Gasteiger partial charge on any atom is 0.328 e. The molecule has 0 aliphatic rings. The van der Waals surface area contributed by atoms with E-state index in [4.69, 9.17) is 9.84 Å². The number of aliphatic carboxylic acids is 1. The van der Waals surface area contributed by atoms with Gasteiger partial charge in [0.25, 0.3) is 0 Å². The van der Waals surface area contributed by atoms with Gasteiger partial charge in [0.05, 0.1) is 13.7 Å². The fraction of sp³-hybridized carbons (Fsp3) is 0.438. The molecule has 0 aromatic heterocycles. The summed E-state index contributed by atoms with van der Waals surface area (Å²) in [4.78, 5) is 12.6. The minimum absolute atomic E-state index is 0.0461. The molecule has 0 atom stereocenters. The number of nitrogens with zero attached hydrogens (tertiary/aromatic N) is 1. The SMILES string of the molecule is COc1ccc(/C=C/C(=O)O)cc1CN(C)C(C)(C)CO. The number of likely N-dealkylation sites (N-methyl/N-ethyl adjacent to an activating group) is 1. The predicted octanol–water partition coefficient (Wildman–Crippen LogP) is 2.00. The smallest absolute Gasteiger partial charge is 0.328 e. The summed E-state index contributed by atoms with van der Waals surface area (Å²) in [5, 5.41) is 18.1. The van der Waals surface area contributed by atoms with E-state index < -0.39 is 5.97 Å². The summed E-state index contributed by atoms with van der Waals surface area (Å²) in [5.74, 6) is -0.242. The van der Waals surface area contributed by atoms with E-state index in [1.165, 1.54) is 0 Å². The Morgan fingerprint density at radius 3 is 2.62 bits per heavy atom. The molecule has 5 heteroatoms. The van der Waals surface area contributed by atoms with E-state index in [1.54, 1.807) is 19.3 Å². The molecule has 0 fully saturated rings. The number of carbonyl (C=O) groups is 1. The highest BCUT2D eigenvalue weighted by molar-refractivity contribution is 5.85. The van der Waals surface area contributed by atoms with E-state index in [1.807, 2.05) is 37.9 Å². The van der Waals surface area contributed by atoms with Crippen LogP contribution in [0.4, 0.5) is 0 Å². The molecule has 0 saturated carbocycles. The zero-order valence-electron chi connectivity index (χ0n) is 13.0. The molecule has 0 heterocycles. The number of hydrogen-bond acceptors (Lipinski definition) is 4. The number of hydrogen-bond donors (Lipinski definition) is 2. The first-order valence-corrected chi connectivity index (χ1v) is 6.70. The molecule has 0 bridgehead atoms. The Balaban J connectivity index is 3.03. The molecule has 1 rings (SSSR count). The predicted molar refractivity (Wildman–Crippen MR) is 82.3 cm³/mol. The summed E-state index contributed by atoms with van der Waals surface area (Å²) in [7, 11) is 3.53. The quantitative estimate of drug-likeness (QED) is 0.752. The van der Waals surface area contributed by atoms with Gasteiger partial charge >= 0.3 is 5.97 Å². The summed E-state index contributed by atoms with van der Waals surface area (Å²) in [5.41, 5.74) is 1.38. The largest absolute Gasteiger partial charge is 0.496 e. The molecule has 0 aliphatic carbocycles. The maximum atomic E-state index is 10.6. The van der Waals surface area contributed by atoms with Gasteiger partial charge < -0.3 is 14.9 Å². The third-order valence-corrected chi connectivity index (χ3v) is 3.55. The van der Waals surface area contributed by atoms with Gasteiger partial charge in [0, 0.05) is 23.7 Å². The van der Waals surface area contributed by atoms with Crippen molar-refractivity contribution in [1.29, 1.82) is 0 Å². The highest BCUT2D eigenvalue weighted by atomic mass is 16.5. The first-order valence-electron chi connectivity index (χ1n) is 6.70. The van der Waals surface area contributed by atoms with Crippen LogP contribution in [0, 0.1) is 0 Å². The molecule has 5 nitrogen and oxygen atoms in total. The molecule has 116 valence electrons. The molecule has 0 radical (unpaired) electrons. The van der Waals surface area contributed by atoms with Crippen molar-refractivity contribution in [3.8, 4) is 5.75 Å². The molecule has 1 aromatic rings. The summed E-state index contributed by atoms with van der Waals surface area (Å²) >= 11 is 0. The molecule has 0 unspecified atom stereocenters. The van der Waals surface area contributed by atoms with Crippen molar-refractivity contribution >= 4 is 12.0 Å². The van der Waals surface area contributed by atoms with Gasteiger partial charge in [-0.3, -0.25) is 4.90 Å². The van der Waals surface area contributed by atoms with Gasteiger partial charge in [0.15, 0.2) is 0 Å². The van der Waals surface area contributed by atoms with Crippen molar-refractivity contribution in [2.45, 2.75) is 25.9 Å². The first-order chi connectivity index (χ1) is 9.80. The standard InChI is InChI=1S/C16H23NO4/c1-16(2,11-18)17(3)10-13-9-12(6-8-15(19)20)5-7-14(13)21-4/h5-9,18H,10-11H2,1-4H3,(H,19,20)/b8-6+. The van der Waals surface area contributed by atoms with E-state index in [0.29, 0.717) is 6.54 Å². The zero-order chi connectivity index (χ0) is 16.0. The van der Waals surface area contributed by atoms with Crippen LogP contribution in [0.2, 0.25) is 0 Å². The van der Waals surface area contributed by atoms with Crippen LogP contribution >= 0.6 is 0 Å². The molecule has 2 N–H and O–H groups in total. The lowest BCUT2D eigenvalue weighted by Gasteiger charge is -2.34. The highest BCUT2D eigenvalue weighted by Gasteiger charge is 2.23. The van der Waals surface area contributed by atoms with Gasteiger partial charge in [-0.25, -0.2) is 4.79 Å². The zero-order valence-corrected chi connectivity index (χ0v) is 13.0. The van der Waals surface area contributed by atoms with Crippen molar-refractivity contribution in [3.63, 3.8) is 0 Å². The van der Waals surface area contributed by atoms with Gasteiger partial charge in [-0.05, 0) is 44.7 Å². The van der Waals surface area contributed by atoms with Crippen molar-refractivity contribution in [2.75, 3.05) is 20.8 Å². The van der Waals surface area contributed by atoms with Gasteiger partial charge in [-0.15, -0.1) is 0 Å². The van der Waals surface area contributed by atoms with Crippen LogP contribution in [0.5, 0.6) is 5.75 Å². The number of aliphatic hydroxyl groups excluding tert-OH is 1. The topological polar surface area (TPSA) is 70.0 Å². The molecule has 0 aliphatic heterocycles. The fourth-order valence-electron chi connectivity index (χ4n) is 1.78. The number of carboxylic acid groups (broad SMARTS) is 1. The Bertz CT molecular complexity index is 523. The molecule has 0 spiro atoms. The number of methoxy groups -OCH3 is 1. The lowest BCUT2D eigenvalue weighted by molar-refractivity contribution is -0.131. The van der Waals surface area contributed by atoms with Gasteiger partial charge in [-0.1, -0.05) is 6.07 Å². The highest BCUT2D eigenvalue weighted by Crippen LogP contribution is 2.24. The molecule has 1 aromatic carbocycles. The van der Waals surface area contributed by atoms with E-state index in [9.17, 15) is 9.90 Å².